The minimum atomic E-state index is -0.523. The van der Waals surface area contributed by atoms with Crippen molar-refractivity contribution >= 4 is 5.91 Å². The zero-order valence-corrected chi connectivity index (χ0v) is 11.4. The van der Waals surface area contributed by atoms with Crippen LogP contribution < -0.4 is 5.32 Å². The van der Waals surface area contributed by atoms with Gasteiger partial charge in [0, 0.05) is 30.0 Å². The second-order valence-electron chi connectivity index (χ2n) is 4.74. The molecule has 1 N–H and O–H groups in total. The third kappa shape index (κ3) is 3.85. The SMILES string of the molecule is Cc1cccc(CC(C)NC(=O)c2cncc(F)c2)n1. The van der Waals surface area contributed by atoms with Crippen LogP contribution in [0.1, 0.15) is 28.7 Å². The molecule has 0 aliphatic rings. The van der Waals surface area contributed by atoms with Gasteiger partial charge in [-0.2, -0.15) is 0 Å². The van der Waals surface area contributed by atoms with Gasteiger partial charge >= 0.3 is 0 Å². The molecule has 0 aromatic carbocycles. The molecule has 0 fully saturated rings. The summed E-state index contributed by atoms with van der Waals surface area (Å²) in [6.07, 6.45) is 3.03. The molecule has 5 heteroatoms. The van der Waals surface area contributed by atoms with E-state index in [0.29, 0.717) is 6.42 Å². The smallest absolute Gasteiger partial charge is 0.253 e. The molecular weight excluding hydrogens is 257 g/mol. The quantitative estimate of drug-likeness (QED) is 0.929. The van der Waals surface area contributed by atoms with Crippen molar-refractivity contribution in [1.82, 2.24) is 15.3 Å². The molecule has 0 radical (unpaired) electrons. The number of aromatic nitrogens is 2. The number of halogens is 1. The van der Waals surface area contributed by atoms with Crippen molar-refractivity contribution in [3.8, 4) is 0 Å². The summed E-state index contributed by atoms with van der Waals surface area (Å²) in [6, 6.07) is 6.84. The van der Waals surface area contributed by atoms with Gasteiger partial charge in [0.1, 0.15) is 5.82 Å². The number of amides is 1. The Labute approximate surface area is 117 Å². The summed E-state index contributed by atoms with van der Waals surface area (Å²) in [5.41, 5.74) is 2.07. The Morgan fingerprint density at radius 2 is 2.20 bits per heavy atom. The van der Waals surface area contributed by atoms with Crippen LogP contribution in [0.15, 0.2) is 36.7 Å². The number of nitrogens with one attached hydrogen (secondary N) is 1. The standard InChI is InChI=1S/C15H16FN3O/c1-10-4-3-5-14(18-10)6-11(2)19-15(20)12-7-13(16)9-17-8-12/h3-5,7-9,11H,6H2,1-2H3,(H,19,20). The first-order valence-electron chi connectivity index (χ1n) is 6.38. The monoisotopic (exact) mass is 273 g/mol. The second-order valence-corrected chi connectivity index (χ2v) is 4.74. The Hall–Kier alpha value is -2.30. The zero-order chi connectivity index (χ0) is 14.5. The number of pyridine rings is 2. The van der Waals surface area contributed by atoms with Crippen LogP contribution in [0.4, 0.5) is 4.39 Å². The van der Waals surface area contributed by atoms with E-state index >= 15 is 0 Å². The lowest BCUT2D eigenvalue weighted by Crippen LogP contribution is -2.34. The van der Waals surface area contributed by atoms with E-state index in [9.17, 15) is 9.18 Å². The van der Waals surface area contributed by atoms with Crippen molar-refractivity contribution < 1.29 is 9.18 Å². The fourth-order valence-corrected chi connectivity index (χ4v) is 1.92. The summed E-state index contributed by atoms with van der Waals surface area (Å²) in [5.74, 6) is -0.859. The van der Waals surface area contributed by atoms with E-state index in [1.54, 1.807) is 0 Å². The van der Waals surface area contributed by atoms with Gasteiger partial charge in [-0.05, 0) is 32.0 Å². The Bertz CT molecular complexity index is 616. The van der Waals surface area contributed by atoms with E-state index in [1.807, 2.05) is 32.0 Å². The molecule has 0 bridgehead atoms. The largest absolute Gasteiger partial charge is 0.349 e. The van der Waals surface area contributed by atoms with Crippen LogP contribution in [-0.2, 0) is 6.42 Å². The van der Waals surface area contributed by atoms with Crippen LogP contribution in [-0.4, -0.2) is 21.9 Å². The third-order valence-electron chi connectivity index (χ3n) is 2.81. The lowest BCUT2D eigenvalue weighted by atomic mass is 10.1. The molecule has 2 rings (SSSR count). The number of carbonyl (C=O) groups excluding carboxylic acids is 1. The Morgan fingerprint density at radius 1 is 1.40 bits per heavy atom. The molecule has 0 saturated heterocycles. The number of hydrogen-bond donors (Lipinski definition) is 1. The maximum Gasteiger partial charge on any atom is 0.253 e. The van der Waals surface area contributed by atoms with E-state index < -0.39 is 5.82 Å². The topological polar surface area (TPSA) is 54.9 Å². The highest BCUT2D eigenvalue weighted by Crippen LogP contribution is 2.04. The van der Waals surface area contributed by atoms with Gasteiger partial charge in [0.15, 0.2) is 0 Å². The molecule has 4 nitrogen and oxygen atoms in total. The average Bonchev–Trinajstić information content (AvgIpc) is 2.38. The van der Waals surface area contributed by atoms with Gasteiger partial charge < -0.3 is 5.32 Å². The highest BCUT2D eigenvalue weighted by Gasteiger charge is 2.12. The molecule has 20 heavy (non-hydrogen) atoms. The normalized spacial score (nSPS) is 11.9. The maximum atomic E-state index is 13.0. The molecule has 0 spiro atoms. The Kier molecular flexibility index (Phi) is 4.40. The Balaban J connectivity index is 1.97. The summed E-state index contributed by atoms with van der Waals surface area (Å²) < 4.78 is 13.0. The van der Waals surface area contributed by atoms with Crippen LogP contribution in [0.5, 0.6) is 0 Å². The molecule has 1 amide bonds. The number of nitrogens with zero attached hydrogens (tertiary/aromatic N) is 2. The molecule has 1 atom stereocenters. The zero-order valence-electron chi connectivity index (χ0n) is 11.4. The minimum Gasteiger partial charge on any atom is -0.349 e. The molecule has 2 heterocycles. The van der Waals surface area contributed by atoms with E-state index in [4.69, 9.17) is 0 Å². The van der Waals surface area contributed by atoms with E-state index in [2.05, 4.69) is 15.3 Å². The van der Waals surface area contributed by atoms with Gasteiger partial charge in [0.2, 0.25) is 0 Å². The molecule has 104 valence electrons. The molecule has 2 aromatic heterocycles. The average molecular weight is 273 g/mol. The van der Waals surface area contributed by atoms with Crippen LogP contribution in [0.2, 0.25) is 0 Å². The highest BCUT2D eigenvalue weighted by atomic mass is 19.1. The van der Waals surface area contributed by atoms with Crippen LogP contribution >= 0.6 is 0 Å². The van der Waals surface area contributed by atoms with Crippen LogP contribution in [0.25, 0.3) is 0 Å². The minimum absolute atomic E-state index is 0.0972. The number of aryl methyl sites for hydroxylation is 1. The molecule has 0 saturated carbocycles. The first kappa shape index (κ1) is 14.1. The van der Waals surface area contributed by atoms with Crippen LogP contribution in [0.3, 0.4) is 0 Å². The number of hydrogen-bond acceptors (Lipinski definition) is 3. The molecule has 1 unspecified atom stereocenters. The summed E-state index contributed by atoms with van der Waals surface area (Å²) >= 11 is 0. The van der Waals surface area contributed by atoms with Gasteiger partial charge in [-0.3, -0.25) is 14.8 Å². The fourth-order valence-electron chi connectivity index (χ4n) is 1.92. The van der Waals surface area contributed by atoms with E-state index in [-0.39, 0.29) is 17.5 Å². The van der Waals surface area contributed by atoms with Gasteiger partial charge in [-0.15, -0.1) is 0 Å². The maximum absolute atomic E-state index is 13.0. The highest BCUT2D eigenvalue weighted by molar-refractivity contribution is 5.94. The predicted molar refractivity (Wildman–Crippen MR) is 73.8 cm³/mol. The van der Waals surface area contributed by atoms with Gasteiger partial charge in [0.25, 0.3) is 5.91 Å². The van der Waals surface area contributed by atoms with Gasteiger partial charge in [0.05, 0.1) is 11.8 Å². The van der Waals surface area contributed by atoms with E-state index in [0.717, 1.165) is 17.6 Å². The second kappa shape index (κ2) is 6.23. The molecule has 2 aromatic rings. The summed E-state index contributed by atoms with van der Waals surface area (Å²) in [7, 11) is 0. The number of carbonyl (C=O) groups is 1. The van der Waals surface area contributed by atoms with Crippen molar-refractivity contribution in [2.45, 2.75) is 26.3 Å². The third-order valence-corrected chi connectivity index (χ3v) is 2.81. The van der Waals surface area contributed by atoms with Crippen molar-refractivity contribution in [3.63, 3.8) is 0 Å². The molecule has 0 aliphatic carbocycles. The van der Waals surface area contributed by atoms with E-state index in [1.165, 1.54) is 12.3 Å². The lowest BCUT2D eigenvalue weighted by Gasteiger charge is -2.13. The van der Waals surface area contributed by atoms with Crippen molar-refractivity contribution in [3.05, 3.63) is 59.4 Å². The first-order chi connectivity index (χ1) is 9.54. The molecular formula is C15H16FN3O. The summed E-state index contributed by atoms with van der Waals surface area (Å²) in [4.78, 5) is 20.0. The lowest BCUT2D eigenvalue weighted by molar-refractivity contribution is 0.0939. The summed E-state index contributed by atoms with van der Waals surface area (Å²) in [6.45, 7) is 3.81. The van der Waals surface area contributed by atoms with Crippen molar-refractivity contribution in [2.75, 3.05) is 0 Å². The number of rotatable bonds is 4. The summed E-state index contributed by atoms with van der Waals surface area (Å²) in [5, 5.41) is 2.81. The van der Waals surface area contributed by atoms with Crippen molar-refractivity contribution in [1.29, 1.82) is 0 Å². The fraction of sp³-hybridized carbons (Fsp3) is 0.267. The Morgan fingerprint density at radius 3 is 2.90 bits per heavy atom. The predicted octanol–water partition coefficient (Wildman–Crippen LogP) is 2.29. The van der Waals surface area contributed by atoms with Gasteiger partial charge in [-0.25, -0.2) is 4.39 Å². The molecule has 0 aliphatic heterocycles. The van der Waals surface area contributed by atoms with Gasteiger partial charge in [-0.1, -0.05) is 6.07 Å². The van der Waals surface area contributed by atoms with Crippen molar-refractivity contribution in [2.24, 2.45) is 0 Å². The van der Waals surface area contributed by atoms with Crippen LogP contribution in [0, 0.1) is 12.7 Å². The first-order valence-corrected chi connectivity index (χ1v) is 6.38.